The molecular weight excluding hydrogens is 194 g/mol. The lowest BCUT2D eigenvalue weighted by molar-refractivity contribution is -0.125. The van der Waals surface area contributed by atoms with E-state index in [0.717, 1.165) is 12.1 Å². The van der Waals surface area contributed by atoms with Crippen LogP contribution in [0.3, 0.4) is 0 Å². The van der Waals surface area contributed by atoms with E-state index in [1.807, 2.05) is 19.3 Å². The predicted molar refractivity (Wildman–Crippen MR) is 54.0 cm³/mol. The van der Waals surface area contributed by atoms with Crippen LogP contribution >= 0.6 is 0 Å². The van der Waals surface area contributed by atoms with Gasteiger partial charge in [-0.3, -0.25) is 9.48 Å². The maximum absolute atomic E-state index is 11.6. The molecule has 0 bridgehead atoms. The van der Waals surface area contributed by atoms with E-state index in [2.05, 4.69) is 10.4 Å². The first kappa shape index (κ1) is 10.2. The average Bonchev–Trinajstić information content (AvgIpc) is 2.84. The summed E-state index contributed by atoms with van der Waals surface area (Å²) in [7, 11) is 1.86. The molecule has 1 N–H and O–H groups in total. The molecule has 2 rings (SSSR count). The van der Waals surface area contributed by atoms with Gasteiger partial charge in [0.05, 0.1) is 24.8 Å². The van der Waals surface area contributed by atoms with Gasteiger partial charge in [0.1, 0.15) is 0 Å². The fourth-order valence-electron chi connectivity index (χ4n) is 1.62. The standard InChI is InChI=1S/C10H15N3O2/c1-13-4-2-9(12-13)6-11-10(14)8-3-5-15-7-8/h2,4,8H,3,5-7H2,1H3,(H,11,14). The number of aromatic nitrogens is 2. The second-order valence-electron chi connectivity index (χ2n) is 3.76. The number of nitrogens with one attached hydrogen (secondary N) is 1. The first-order valence-electron chi connectivity index (χ1n) is 5.09. The van der Waals surface area contributed by atoms with Crippen LogP contribution in [0.5, 0.6) is 0 Å². The number of amides is 1. The summed E-state index contributed by atoms with van der Waals surface area (Å²) in [6.07, 6.45) is 2.69. The largest absolute Gasteiger partial charge is 0.381 e. The number of nitrogens with zero attached hydrogens (tertiary/aromatic N) is 2. The van der Waals surface area contributed by atoms with Gasteiger partial charge in [0.25, 0.3) is 0 Å². The Morgan fingerprint density at radius 2 is 2.67 bits per heavy atom. The zero-order valence-corrected chi connectivity index (χ0v) is 8.77. The van der Waals surface area contributed by atoms with Crippen LogP contribution in [0.2, 0.25) is 0 Å². The average molecular weight is 209 g/mol. The van der Waals surface area contributed by atoms with E-state index >= 15 is 0 Å². The fraction of sp³-hybridized carbons (Fsp3) is 0.600. The van der Waals surface area contributed by atoms with Crippen molar-refractivity contribution in [2.45, 2.75) is 13.0 Å². The van der Waals surface area contributed by atoms with Gasteiger partial charge >= 0.3 is 0 Å². The highest BCUT2D eigenvalue weighted by Gasteiger charge is 2.23. The molecule has 0 aliphatic carbocycles. The lowest BCUT2D eigenvalue weighted by Gasteiger charge is -2.07. The van der Waals surface area contributed by atoms with Crippen LogP contribution in [0.1, 0.15) is 12.1 Å². The summed E-state index contributed by atoms with van der Waals surface area (Å²) in [4.78, 5) is 11.6. The molecule has 1 aliphatic heterocycles. The van der Waals surface area contributed by atoms with Crippen LogP contribution in [-0.4, -0.2) is 28.9 Å². The van der Waals surface area contributed by atoms with Gasteiger partial charge in [0, 0.05) is 19.9 Å². The Bertz CT molecular complexity index is 342. The normalized spacial score (nSPS) is 20.5. The van der Waals surface area contributed by atoms with Crippen molar-refractivity contribution in [1.29, 1.82) is 0 Å². The van der Waals surface area contributed by atoms with E-state index in [-0.39, 0.29) is 11.8 Å². The summed E-state index contributed by atoms with van der Waals surface area (Å²) in [6, 6.07) is 1.89. The van der Waals surface area contributed by atoms with E-state index in [9.17, 15) is 4.79 Å². The van der Waals surface area contributed by atoms with Gasteiger partial charge in [-0.1, -0.05) is 0 Å². The molecule has 1 saturated heterocycles. The molecule has 1 aliphatic rings. The van der Waals surface area contributed by atoms with E-state index < -0.39 is 0 Å². The minimum absolute atomic E-state index is 0.0220. The monoisotopic (exact) mass is 209 g/mol. The van der Waals surface area contributed by atoms with Crippen LogP contribution in [0.4, 0.5) is 0 Å². The van der Waals surface area contributed by atoms with Crippen molar-refractivity contribution in [2.24, 2.45) is 13.0 Å². The first-order valence-corrected chi connectivity index (χ1v) is 5.09. The van der Waals surface area contributed by atoms with Crippen molar-refractivity contribution >= 4 is 5.91 Å². The second kappa shape index (κ2) is 4.44. The zero-order valence-electron chi connectivity index (χ0n) is 8.77. The molecule has 0 aromatic carbocycles. The lowest BCUT2D eigenvalue weighted by atomic mass is 10.1. The van der Waals surface area contributed by atoms with Gasteiger partial charge in [0.2, 0.25) is 5.91 Å². The van der Waals surface area contributed by atoms with Gasteiger partial charge in [-0.05, 0) is 12.5 Å². The van der Waals surface area contributed by atoms with Crippen molar-refractivity contribution in [3.63, 3.8) is 0 Å². The molecule has 1 unspecified atom stereocenters. The summed E-state index contributed by atoms with van der Waals surface area (Å²) in [5.41, 5.74) is 0.879. The number of carbonyl (C=O) groups is 1. The molecule has 15 heavy (non-hydrogen) atoms. The Morgan fingerprint density at radius 3 is 3.27 bits per heavy atom. The molecule has 1 aromatic heterocycles. The second-order valence-corrected chi connectivity index (χ2v) is 3.76. The Labute approximate surface area is 88.4 Å². The number of hydrogen-bond acceptors (Lipinski definition) is 3. The van der Waals surface area contributed by atoms with Crippen LogP contribution in [0, 0.1) is 5.92 Å². The van der Waals surface area contributed by atoms with Gasteiger partial charge in [-0.25, -0.2) is 0 Å². The third kappa shape index (κ3) is 2.56. The van der Waals surface area contributed by atoms with Crippen LogP contribution in [-0.2, 0) is 23.1 Å². The molecule has 5 nitrogen and oxygen atoms in total. The Kier molecular flexibility index (Phi) is 3.01. The van der Waals surface area contributed by atoms with Gasteiger partial charge in [-0.15, -0.1) is 0 Å². The van der Waals surface area contributed by atoms with Crippen LogP contribution in [0.25, 0.3) is 0 Å². The minimum Gasteiger partial charge on any atom is -0.381 e. The molecule has 1 fully saturated rings. The summed E-state index contributed by atoms with van der Waals surface area (Å²) in [5.74, 6) is 0.0897. The first-order chi connectivity index (χ1) is 7.25. The molecule has 1 atom stereocenters. The topological polar surface area (TPSA) is 56.2 Å². The predicted octanol–water partition coefficient (Wildman–Crippen LogP) is 0.0728. The van der Waals surface area contributed by atoms with Crippen molar-refractivity contribution in [3.8, 4) is 0 Å². The molecule has 0 radical (unpaired) electrons. The highest BCUT2D eigenvalue weighted by molar-refractivity contribution is 5.78. The van der Waals surface area contributed by atoms with E-state index in [1.54, 1.807) is 4.68 Å². The smallest absolute Gasteiger partial charge is 0.225 e. The number of aryl methyl sites for hydroxylation is 1. The minimum atomic E-state index is 0.0220. The molecule has 5 heteroatoms. The maximum atomic E-state index is 11.6. The number of carbonyl (C=O) groups excluding carboxylic acids is 1. The van der Waals surface area contributed by atoms with E-state index in [4.69, 9.17) is 4.74 Å². The quantitative estimate of drug-likeness (QED) is 0.766. The Hall–Kier alpha value is -1.36. The fourth-order valence-corrected chi connectivity index (χ4v) is 1.62. The molecule has 1 amide bonds. The highest BCUT2D eigenvalue weighted by atomic mass is 16.5. The number of ether oxygens (including phenoxy) is 1. The molecule has 82 valence electrons. The van der Waals surface area contributed by atoms with E-state index in [0.29, 0.717) is 19.8 Å². The SMILES string of the molecule is Cn1ccc(CNC(=O)C2CCOC2)n1. The van der Waals surface area contributed by atoms with Crippen LogP contribution in [0.15, 0.2) is 12.3 Å². The third-order valence-corrected chi connectivity index (χ3v) is 2.51. The Balaban J connectivity index is 1.80. The number of rotatable bonds is 3. The molecule has 1 aromatic rings. The molecule has 2 heterocycles. The third-order valence-electron chi connectivity index (χ3n) is 2.51. The number of hydrogen-bond donors (Lipinski definition) is 1. The van der Waals surface area contributed by atoms with Crippen molar-refractivity contribution in [3.05, 3.63) is 18.0 Å². The van der Waals surface area contributed by atoms with Gasteiger partial charge < -0.3 is 10.1 Å². The highest BCUT2D eigenvalue weighted by Crippen LogP contribution is 2.12. The van der Waals surface area contributed by atoms with Crippen LogP contribution < -0.4 is 5.32 Å². The maximum Gasteiger partial charge on any atom is 0.225 e. The van der Waals surface area contributed by atoms with Gasteiger partial charge in [-0.2, -0.15) is 5.10 Å². The zero-order chi connectivity index (χ0) is 10.7. The van der Waals surface area contributed by atoms with E-state index in [1.165, 1.54) is 0 Å². The molecule has 0 saturated carbocycles. The van der Waals surface area contributed by atoms with Crippen molar-refractivity contribution < 1.29 is 9.53 Å². The van der Waals surface area contributed by atoms with Crippen molar-refractivity contribution in [2.75, 3.05) is 13.2 Å². The lowest BCUT2D eigenvalue weighted by Crippen LogP contribution is -2.30. The Morgan fingerprint density at radius 1 is 1.80 bits per heavy atom. The summed E-state index contributed by atoms with van der Waals surface area (Å²) in [5, 5.41) is 7.04. The molecule has 0 spiro atoms. The molecular formula is C10H15N3O2. The summed E-state index contributed by atoms with van der Waals surface area (Å²) >= 11 is 0. The summed E-state index contributed by atoms with van der Waals surface area (Å²) < 4.78 is 6.88. The summed E-state index contributed by atoms with van der Waals surface area (Å²) in [6.45, 7) is 1.74. The van der Waals surface area contributed by atoms with Crippen molar-refractivity contribution in [1.82, 2.24) is 15.1 Å². The van der Waals surface area contributed by atoms with Gasteiger partial charge in [0.15, 0.2) is 0 Å².